The summed E-state index contributed by atoms with van der Waals surface area (Å²) in [5.74, 6) is 2.98. The Morgan fingerprint density at radius 2 is 0.818 bits per heavy atom. The topological polar surface area (TPSA) is 109 Å². The van der Waals surface area contributed by atoms with Crippen LogP contribution < -0.4 is 23.5 Å². The summed E-state index contributed by atoms with van der Waals surface area (Å²) >= 11 is 0. The fraction of sp³-hybridized carbons (Fsp3) is 0.395. The Hall–Kier alpha value is -4.82. The van der Waals surface area contributed by atoms with Gasteiger partial charge in [0.1, 0.15) is 49.4 Å². The fourth-order valence-electron chi connectivity index (χ4n) is 5.84. The normalized spacial score (nSPS) is 16.9. The third kappa shape index (κ3) is 13.8. The van der Waals surface area contributed by atoms with E-state index in [1.54, 1.807) is 12.4 Å². The van der Waals surface area contributed by atoms with Crippen LogP contribution >= 0.6 is 0 Å². The lowest BCUT2D eigenvalue weighted by Crippen LogP contribution is -2.33. The minimum Gasteiger partial charge on any atom is -0.491 e. The molecule has 0 saturated heterocycles. The minimum absolute atomic E-state index is 0.388. The summed E-state index contributed by atoms with van der Waals surface area (Å²) in [5.41, 5.74) is 3.29. The molecule has 0 spiro atoms. The molecule has 0 N–H and O–H groups in total. The summed E-state index contributed by atoms with van der Waals surface area (Å²) in [6.45, 7) is 7.71. The standard InChI is InChI=1S/C43H51N2O10/c1-3-40-41-4-2-6-43(40)55-30-26-51-22-18-47-16-20-49-24-28-53-39-32-35(34-45-13-9-37(10-14-45)36-7-11-44-12-8-36)31-38(33-39)52-27-23-48-19-15-46-17-21-50-25-29-54-42(41)5-1/h1-14,31-33H,15-30,34H2/q+1. The Labute approximate surface area is 322 Å². The van der Waals surface area contributed by atoms with Gasteiger partial charge in [-0.1, -0.05) is 24.3 Å². The summed E-state index contributed by atoms with van der Waals surface area (Å²) in [6, 6.07) is 26.0. The number of fused-ring (bicyclic) bond motifs is 2. The highest BCUT2D eigenvalue weighted by molar-refractivity contribution is 5.93. The second-order valence-electron chi connectivity index (χ2n) is 12.5. The minimum atomic E-state index is 0.388. The molecule has 6 bridgehead atoms. The van der Waals surface area contributed by atoms with Crippen molar-refractivity contribution in [3.8, 4) is 34.1 Å². The number of benzene rings is 3. The molecule has 12 nitrogen and oxygen atoms in total. The molecular formula is C43H51N2O10+. The number of ether oxygens (including phenoxy) is 10. The lowest BCUT2D eigenvalue weighted by molar-refractivity contribution is -0.688. The molecule has 1 aliphatic rings. The van der Waals surface area contributed by atoms with Gasteiger partial charge in [-0.25, -0.2) is 4.57 Å². The number of hydrogen-bond acceptors (Lipinski definition) is 11. The molecule has 292 valence electrons. The second kappa shape index (κ2) is 23.2. The Morgan fingerprint density at radius 3 is 1.27 bits per heavy atom. The molecule has 0 atom stereocenters. The summed E-state index contributed by atoms with van der Waals surface area (Å²) in [5, 5.41) is 1.96. The van der Waals surface area contributed by atoms with Crippen LogP contribution in [0.15, 0.2) is 104 Å². The molecule has 12 heteroatoms. The van der Waals surface area contributed by atoms with Crippen LogP contribution in [0.3, 0.4) is 0 Å². The maximum atomic E-state index is 6.09. The number of pyridine rings is 2. The average molecular weight is 756 g/mol. The van der Waals surface area contributed by atoms with E-state index in [4.69, 9.17) is 47.4 Å². The molecular weight excluding hydrogens is 704 g/mol. The maximum absolute atomic E-state index is 6.09. The first-order chi connectivity index (χ1) is 27.3. The van der Waals surface area contributed by atoms with E-state index >= 15 is 0 Å². The van der Waals surface area contributed by atoms with Gasteiger partial charge in [0.05, 0.1) is 79.3 Å². The number of rotatable bonds is 3. The summed E-state index contributed by atoms with van der Waals surface area (Å²) in [7, 11) is 0. The number of hydrogen-bond donors (Lipinski definition) is 0. The highest BCUT2D eigenvalue weighted by atomic mass is 16.6. The Bertz CT molecular complexity index is 1740. The van der Waals surface area contributed by atoms with Gasteiger partial charge in [0.15, 0.2) is 18.9 Å². The van der Waals surface area contributed by atoms with Gasteiger partial charge >= 0.3 is 0 Å². The maximum Gasteiger partial charge on any atom is 0.174 e. The van der Waals surface area contributed by atoms with Gasteiger partial charge in [0.2, 0.25) is 0 Å². The lowest BCUT2D eigenvalue weighted by Gasteiger charge is -2.13. The van der Waals surface area contributed by atoms with E-state index in [1.807, 2.05) is 66.7 Å². The molecule has 0 unspecified atom stereocenters. The monoisotopic (exact) mass is 755 g/mol. The van der Waals surface area contributed by atoms with Gasteiger partial charge in [0.25, 0.3) is 0 Å². The third-order valence-electron chi connectivity index (χ3n) is 8.50. The van der Waals surface area contributed by atoms with Gasteiger partial charge in [-0.3, -0.25) is 4.98 Å². The molecule has 0 aliphatic carbocycles. The molecule has 55 heavy (non-hydrogen) atoms. The molecule has 0 amide bonds. The van der Waals surface area contributed by atoms with Gasteiger partial charge in [-0.05, 0) is 47.5 Å². The van der Waals surface area contributed by atoms with Crippen LogP contribution in [0.4, 0.5) is 0 Å². The first-order valence-corrected chi connectivity index (χ1v) is 18.8. The third-order valence-corrected chi connectivity index (χ3v) is 8.50. The van der Waals surface area contributed by atoms with Crippen LogP contribution in [0.2, 0.25) is 0 Å². The fourth-order valence-corrected chi connectivity index (χ4v) is 5.84. The van der Waals surface area contributed by atoms with Crippen molar-refractivity contribution in [1.29, 1.82) is 0 Å². The Kier molecular flexibility index (Phi) is 16.8. The van der Waals surface area contributed by atoms with Crippen LogP contribution in [0, 0.1) is 0 Å². The molecule has 1 aliphatic heterocycles. The van der Waals surface area contributed by atoms with Crippen molar-refractivity contribution in [3.05, 3.63) is 109 Å². The Morgan fingerprint density at radius 1 is 0.418 bits per heavy atom. The lowest BCUT2D eigenvalue weighted by atomic mass is 10.1. The van der Waals surface area contributed by atoms with Crippen molar-refractivity contribution in [2.45, 2.75) is 6.54 Å². The Balaban J connectivity index is 0.986. The molecule has 0 radical (unpaired) electrons. The van der Waals surface area contributed by atoms with Gasteiger partial charge in [-0.2, -0.15) is 0 Å². The van der Waals surface area contributed by atoms with Crippen molar-refractivity contribution in [3.63, 3.8) is 0 Å². The molecule has 2 aromatic heterocycles. The van der Waals surface area contributed by atoms with E-state index in [0.29, 0.717) is 124 Å². The summed E-state index contributed by atoms with van der Waals surface area (Å²) in [4.78, 5) is 4.12. The SMILES string of the molecule is c1cc2c3cccc(c3c1)OCCOCCOCCOCCOc1cc(C[n+]3ccc(-c4ccncc4)cc3)cc(c1)OCCOCCOCCOCCO2. The highest BCUT2D eigenvalue weighted by Gasteiger charge is 2.11. The number of nitrogens with zero attached hydrogens (tertiary/aromatic N) is 2. The van der Waals surface area contributed by atoms with Crippen molar-refractivity contribution in [2.75, 3.05) is 106 Å². The summed E-state index contributed by atoms with van der Waals surface area (Å²) in [6.07, 6.45) is 7.73. The molecule has 0 fully saturated rings. The number of aromatic nitrogens is 2. The van der Waals surface area contributed by atoms with Crippen LogP contribution in [-0.4, -0.2) is 111 Å². The first kappa shape index (κ1) is 39.9. The van der Waals surface area contributed by atoms with Crippen LogP contribution in [0.5, 0.6) is 23.0 Å². The molecule has 6 rings (SSSR count). The van der Waals surface area contributed by atoms with Crippen LogP contribution in [0.25, 0.3) is 21.9 Å². The zero-order valence-electron chi connectivity index (χ0n) is 31.3. The van der Waals surface area contributed by atoms with Crippen molar-refractivity contribution < 1.29 is 51.9 Å². The van der Waals surface area contributed by atoms with E-state index in [2.05, 4.69) is 34.1 Å². The zero-order chi connectivity index (χ0) is 37.6. The first-order valence-electron chi connectivity index (χ1n) is 18.8. The van der Waals surface area contributed by atoms with Crippen molar-refractivity contribution in [1.82, 2.24) is 4.98 Å². The van der Waals surface area contributed by atoms with E-state index in [9.17, 15) is 0 Å². The van der Waals surface area contributed by atoms with E-state index in [0.717, 1.165) is 39.0 Å². The van der Waals surface area contributed by atoms with Crippen LogP contribution in [0.1, 0.15) is 5.56 Å². The average Bonchev–Trinajstić information content (AvgIpc) is 3.21. The largest absolute Gasteiger partial charge is 0.491 e. The quantitative estimate of drug-likeness (QED) is 0.216. The van der Waals surface area contributed by atoms with Crippen molar-refractivity contribution in [2.24, 2.45) is 0 Å². The zero-order valence-corrected chi connectivity index (χ0v) is 31.3. The molecule has 3 heterocycles. The van der Waals surface area contributed by atoms with Crippen molar-refractivity contribution >= 4 is 10.8 Å². The van der Waals surface area contributed by atoms with Gasteiger partial charge in [-0.15, -0.1) is 0 Å². The second-order valence-corrected chi connectivity index (χ2v) is 12.5. The van der Waals surface area contributed by atoms with Gasteiger partial charge < -0.3 is 47.4 Å². The molecule has 3 aromatic carbocycles. The molecule has 0 saturated carbocycles. The highest BCUT2D eigenvalue weighted by Crippen LogP contribution is 2.32. The summed E-state index contributed by atoms with van der Waals surface area (Å²) < 4.78 is 60.7. The van der Waals surface area contributed by atoms with E-state index in [1.165, 1.54) is 0 Å². The van der Waals surface area contributed by atoms with Gasteiger partial charge in [0, 0.05) is 46.9 Å². The predicted molar refractivity (Wildman–Crippen MR) is 206 cm³/mol. The smallest absolute Gasteiger partial charge is 0.174 e. The van der Waals surface area contributed by atoms with E-state index in [-0.39, 0.29) is 0 Å². The van der Waals surface area contributed by atoms with E-state index < -0.39 is 0 Å². The van der Waals surface area contributed by atoms with Crippen LogP contribution in [-0.2, 0) is 35.0 Å². The predicted octanol–water partition coefficient (Wildman–Crippen LogP) is 5.57. The molecule has 5 aromatic rings.